The number of hydrogen-bond donors (Lipinski definition) is 1. The number of hydrogen-bond acceptors (Lipinski definition) is 6. The molecule has 0 radical (unpaired) electrons. The second-order valence-electron chi connectivity index (χ2n) is 5.75. The van der Waals surface area contributed by atoms with Crippen molar-refractivity contribution in [2.45, 2.75) is 11.4 Å². The van der Waals surface area contributed by atoms with Crippen LogP contribution in [0, 0.1) is 11.6 Å². The van der Waals surface area contributed by atoms with Gasteiger partial charge in [-0.1, -0.05) is 5.21 Å². The smallest absolute Gasteiger partial charge is 0.276 e. The molecule has 1 aromatic heterocycles. The first-order valence-corrected chi connectivity index (χ1v) is 10.7. The molecule has 2 heterocycles. The number of thioether (sulfide) groups is 1. The highest BCUT2D eigenvalue weighted by Crippen LogP contribution is 2.14. The summed E-state index contributed by atoms with van der Waals surface area (Å²) in [4.78, 5) is 13.6. The number of sulfonamides is 1. The quantitative estimate of drug-likeness (QED) is 0.744. The van der Waals surface area contributed by atoms with Gasteiger partial charge in [0.05, 0.1) is 17.6 Å². The molecular weight excluding hydrogens is 400 g/mol. The fraction of sp³-hybridized carbons (Fsp3) is 0.400. The van der Waals surface area contributed by atoms with Crippen molar-refractivity contribution in [2.24, 2.45) is 0 Å². The van der Waals surface area contributed by atoms with E-state index < -0.39 is 21.7 Å². The SMILES string of the molecule is O=C(c1cn(CCNS(=O)(=O)c2ccc(F)c(F)c2)nn1)N1CCSCC1. The second-order valence-corrected chi connectivity index (χ2v) is 8.74. The number of aromatic nitrogens is 3. The van der Waals surface area contributed by atoms with E-state index in [0.29, 0.717) is 19.2 Å². The van der Waals surface area contributed by atoms with Gasteiger partial charge in [0.25, 0.3) is 5.91 Å². The third-order valence-corrected chi connectivity index (χ3v) is 6.29. The van der Waals surface area contributed by atoms with E-state index in [4.69, 9.17) is 0 Å². The van der Waals surface area contributed by atoms with Crippen molar-refractivity contribution in [1.82, 2.24) is 24.6 Å². The Balaban J connectivity index is 1.56. The minimum absolute atomic E-state index is 0.0569. The molecule has 8 nitrogen and oxygen atoms in total. The Morgan fingerprint density at radius 3 is 2.67 bits per heavy atom. The molecule has 0 spiro atoms. The van der Waals surface area contributed by atoms with Crippen molar-refractivity contribution >= 4 is 27.7 Å². The molecule has 1 aliphatic rings. The molecule has 3 rings (SSSR count). The highest BCUT2D eigenvalue weighted by atomic mass is 32.2. The molecule has 0 atom stereocenters. The topological polar surface area (TPSA) is 97.2 Å². The molecule has 146 valence electrons. The van der Waals surface area contributed by atoms with Crippen LogP contribution in [0.3, 0.4) is 0 Å². The third-order valence-electron chi connectivity index (χ3n) is 3.89. The van der Waals surface area contributed by atoms with Gasteiger partial charge >= 0.3 is 0 Å². The first-order valence-electron chi connectivity index (χ1n) is 8.09. The fourth-order valence-corrected chi connectivity index (χ4v) is 4.39. The maximum atomic E-state index is 13.2. The predicted octanol–water partition coefficient (Wildman–Crippen LogP) is 0.724. The molecule has 12 heteroatoms. The van der Waals surface area contributed by atoms with E-state index in [0.717, 1.165) is 23.6 Å². The van der Waals surface area contributed by atoms with Crippen molar-refractivity contribution in [3.05, 3.63) is 41.7 Å². The number of nitrogens with one attached hydrogen (secondary N) is 1. The van der Waals surface area contributed by atoms with Gasteiger partial charge in [0.2, 0.25) is 10.0 Å². The van der Waals surface area contributed by atoms with Gasteiger partial charge in [0.1, 0.15) is 0 Å². The van der Waals surface area contributed by atoms with Gasteiger partial charge in [-0.15, -0.1) is 5.10 Å². The molecule has 1 saturated heterocycles. The summed E-state index contributed by atoms with van der Waals surface area (Å²) < 4.78 is 53.9. The van der Waals surface area contributed by atoms with E-state index in [1.54, 1.807) is 16.7 Å². The Morgan fingerprint density at radius 2 is 1.96 bits per heavy atom. The molecule has 2 aromatic rings. The summed E-state index contributed by atoms with van der Waals surface area (Å²) in [7, 11) is -3.99. The zero-order valence-corrected chi connectivity index (χ0v) is 15.8. The van der Waals surface area contributed by atoms with Crippen LogP contribution in [-0.2, 0) is 16.6 Å². The summed E-state index contributed by atoms with van der Waals surface area (Å²) in [5, 5.41) is 7.65. The molecule has 0 aliphatic carbocycles. The van der Waals surface area contributed by atoms with Crippen LogP contribution in [0.4, 0.5) is 8.78 Å². The minimum atomic E-state index is -3.99. The van der Waals surface area contributed by atoms with Crippen LogP contribution >= 0.6 is 11.8 Å². The molecule has 1 aromatic carbocycles. The van der Waals surface area contributed by atoms with E-state index >= 15 is 0 Å². The summed E-state index contributed by atoms with van der Waals surface area (Å²) >= 11 is 1.79. The third kappa shape index (κ3) is 4.82. The maximum Gasteiger partial charge on any atom is 0.276 e. The number of carbonyl (C=O) groups is 1. The van der Waals surface area contributed by atoms with Gasteiger partial charge in [-0.3, -0.25) is 9.48 Å². The summed E-state index contributed by atoms with van der Waals surface area (Å²) in [6.45, 7) is 1.38. The number of carbonyl (C=O) groups excluding carboxylic acids is 1. The minimum Gasteiger partial charge on any atom is -0.336 e. The molecule has 0 saturated carbocycles. The van der Waals surface area contributed by atoms with Crippen LogP contribution in [0.15, 0.2) is 29.3 Å². The van der Waals surface area contributed by atoms with Crippen molar-refractivity contribution < 1.29 is 22.0 Å². The monoisotopic (exact) mass is 417 g/mol. The zero-order valence-electron chi connectivity index (χ0n) is 14.1. The van der Waals surface area contributed by atoms with E-state index in [1.165, 1.54) is 10.9 Å². The van der Waals surface area contributed by atoms with Crippen molar-refractivity contribution in [1.29, 1.82) is 0 Å². The maximum absolute atomic E-state index is 13.2. The van der Waals surface area contributed by atoms with E-state index in [2.05, 4.69) is 15.0 Å². The second kappa shape index (κ2) is 8.31. The molecule has 1 aliphatic heterocycles. The summed E-state index contributed by atoms with van der Waals surface area (Å²) in [5.41, 5.74) is 0.199. The number of benzene rings is 1. The average Bonchev–Trinajstić information content (AvgIpc) is 3.12. The van der Waals surface area contributed by atoms with Crippen LogP contribution in [0.2, 0.25) is 0 Å². The molecule has 0 bridgehead atoms. The standard InChI is InChI=1S/C15H17F2N5O3S2/c16-12-2-1-11(9-13(12)17)27(24,25)18-3-4-22-10-14(19-20-22)15(23)21-5-7-26-8-6-21/h1-2,9-10,18H,3-8H2. The first kappa shape index (κ1) is 19.7. The van der Waals surface area contributed by atoms with Gasteiger partial charge in [0, 0.05) is 31.1 Å². The van der Waals surface area contributed by atoms with Crippen molar-refractivity contribution in [3.63, 3.8) is 0 Å². The lowest BCUT2D eigenvalue weighted by Gasteiger charge is -2.25. The Morgan fingerprint density at radius 1 is 1.22 bits per heavy atom. The number of halogens is 2. The Bertz CT molecular complexity index is 929. The molecule has 27 heavy (non-hydrogen) atoms. The van der Waals surface area contributed by atoms with Gasteiger partial charge in [-0.25, -0.2) is 21.9 Å². The Hall–Kier alpha value is -2.05. The van der Waals surface area contributed by atoms with Crippen LogP contribution < -0.4 is 4.72 Å². The molecular formula is C15H17F2N5O3S2. The molecule has 0 unspecified atom stereocenters. The van der Waals surface area contributed by atoms with Gasteiger partial charge in [-0.2, -0.15) is 11.8 Å². The average molecular weight is 417 g/mol. The molecule has 1 N–H and O–H groups in total. The fourth-order valence-electron chi connectivity index (χ4n) is 2.46. The Kier molecular flexibility index (Phi) is 6.07. The van der Waals surface area contributed by atoms with Gasteiger partial charge in [0.15, 0.2) is 17.3 Å². The van der Waals surface area contributed by atoms with Crippen molar-refractivity contribution in [2.75, 3.05) is 31.1 Å². The largest absolute Gasteiger partial charge is 0.336 e. The van der Waals surface area contributed by atoms with E-state index in [1.807, 2.05) is 0 Å². The molecule has 1 amide bonds. The first-order chi connectivity index (χ1) is 12.9. The van der Waals surface area contributed by atoms with Gasteiger partial charge < -0.3 is 4.90 Å². The van der Waals surface area contributed by atoms with Crippen molar-refractivity contribution in [3.8, 4) is 0 Å². The lowest BCUT2D eigenvalue weighted by molar-refractivity contribution is 0.0766. The zero-order chi connectivity index (χ0) is 19.4. The number of rotatable bonds is 6. The highest BCUT2D eigenvalue weighted by molar-refractivity contribution is 7.99. The van der Waals surface area contributed by atoms with Crippen LogP contribution in [0.25, 0.3) is 0 Å². The lowest BCUT2D eigenvalue weighted by atomic mass is 10.3. The Labute approximate surface area is 159 Å². The lowest BCUT2D eigenvalue weighted by Crippen LogP contribution is -2.38. The van der Waals surface area contributed by atoms with Gasteiger partial charge in [-0.05, 0) is 18.2 Å². The molecule has 1 fully saturated rings. The summed E-state index contributed by atoms with van der Waals surface area (Å²) in [6.07, 6.45) is 1.45. The van der Waals surface area contributed by atoms with E-state index in [9.17, 15) is 22.0 Å². The summed E-state index contributed by atoms with van der Waals surface area (Å²) in [6, 6.07) is 2.34. The predicted molar refractivity (Wildman–Crippen MR) is 94.8 cm³/mol. The highest BCUT2D eigenvalue weighted by Gasteiger charge is 2.21. The summed E-state index contributed by atoms with van der Waals surface area (Å²) in [5.74, 6) is -0.810. The normalized spacial score (nSPS) is 15.1. The number of amides is 1. The van der Waals surface area contributed by atoms with Crippen LogP contribution in [0.5, 0.6) is 0 Å². The van der Waals surface area contributed by atoms with E-state index in [-0.39, 0.29) is 29.6 Å². The van der Waals surface area contributed by atoms with Crippen LogP contribution in [-0.4, -0.2) is 65.4 Å². The van der Waals surface area contributed by atoms with Crippen LogP contribution in [0.1, 0.15) is 10.5 Å². The number of nitrogens with zero attached hydrogens (tertiary/aromatic N) is 4.